The second-order valence-electron chi connectivity index (χ2n) is 2.96. The van der Waals surface area contributed by atoms with Crippen LogP contribution in [0, 0.1) is 6.92 Å². The molecule has 0 fully saturated rings. The summed E-state index contributed by atoms with van der Waals surface area (Å²) in [5, 5.41) is 2.19. The number of aromatic nitrogens is 1. The molecule has 1 aromatic rings. The molecule has 12 heavy (non-hydrogen) atoms. The van der Waals surface area contributed by atoms with Crippen LogP contribution in [0.3, 0.4) is 0 Å². The SMILES string of the molecule is Cc1nc2c(s1)N=CN(C)CC2. The van der Waals surface area contributed by atoms with E-state index in [2.05, 4.69) is 14.9 Å². The summed E-state index contributed by atoms with van der Waals surface area (Å²) in [4.78, 5) is 10.9. The van der Waals surface area contributed by atoms with E-state index in [1.807, 2.05) is 20.3 Å². The molecule has 0 atom stereocenters. The molecule has 64 valence electrons. The molecule has 0 aromatic carbocycles. The first-order chi connectivity index (χ1) is 5.75. The average Bonchev–Trinajstić information content (AvgIpc) is 2.31. The molecule has 1 aromatic heterocycles. The van der Waals surface area contributed by atoms with Crippen LogP contribution in [0.5, 0.6) is 0 Å². The normalized spacial score (nSPS) is 16.0. The summed E-state index contributed by atoms with van der Waals surface area (Å²) in [6, 6.07) is 0. The van der Waals surface area contributed by atoms with Crippen molar-refractivity contribution < 1.29 is 0 Å². The predicted octanol–water partition coefficient (Wildman–Crippen LogP) is 1.60. The van der Waals surface area contributed by atoms with Crippen LogP contribution in [-0.2, 0) is 6.42 Å². The van der Waals surface area contributed by atoms with Gasteiger partial charge in [0, 0.05) is 20.0 Å². The lowest BCUT2D eigenvalue weighted by Crippen LogP contribution is -2.17. The first kappa shape index (κ1) is 7.73. The minimum atomic E-state index is 1.01. The molecule has 2 rings (SSSR count). The molecule has 0 amide bonds. The van der Waals surface area contributed by atoms with Gasteiger partial charge in [-0.2, -0.15) is 0 Å². The van der Waals surface area contributed by atoms with Crippen LogP contribution in [0.4, 0.5) is 5.00 Å². The number of aryl methyl sites for hydroxylation is 1. The standard InChI is InChI=1S/C8H11N3S/c1-6-10-7-3-4-11(2)5-9-8(7)12-6/h5H,3-4H2,1-2H3. The zero-order valence-electron chi connectivity index (χ0n) is 7.24. The van der Waals surface area contributed by atoms with E-state index in [1.165, 1.54) is 0 Å². The number of fused-ring (bicyclic) bond motifs is 1. The van der Waals surface area contributed by atoms with E-state index >= 15 is 0 Å². The van der Waals surface area contributed by atoms with E-state index < -0.39 is 0 Å². The van der Waals surface area contributed by atoms with Crippen molar-refractivity contribution in [1.29, 1.82) is 0 Å². The van der Waals surface area contributed by atoms with Crippen LogP contribution in [0.2, 0.25) is 0 Å². The van der Waals surface area contributed by atoms with Gasteiger partial charge in [-0.25, -0.2) is 9.98 Å². The highest BCUT2D eigenvalue weighted by molar-refractivity contribution is 7.15. The van der Waals surface area contributed by atoms with Crippen LogP contribution >= 0.6 is 11.3 Å². The Morgan fingerprint density at radius 3 is 3.25 bits per heavy atom. The lowest BCUT2D eigenvalue weighted by molar-refractivity contribution is 0.525. The summed E-state index contributed by atoms with van der Waals surface area (Å²) >= 11 is 1.67. The quantitative estimate of drug-likeness (QED) is 0.608. The monoisotopic (exact) mass is 181 g/mol. The second kappa shape index (κ2) is 2.86. The van der Waals surface area contributed by atoms with E-state index in [9.17, 15) is 0 Å². The molecule has 1 aliphatic heterocycles. The van der Waals surface area contributed by atoms with E-state index in [0.717, 1.165) is 28.7 Å². The highest BCUT2D eigenvalue weighted by Crippen LogP contribution is 2.28. The smallest absolute Gasteiger partial charge is 0.141 e. The van der Waals surface area contributed by atoms with Crippen molar-refractivity contribution in [2.75, 3.05) is 13.6 Å². The topological polar surface area (TPSA) is 28.5 Å². The number of hydrogen-bond donors (Lipinski definition) is 0. The molecule has 1 aliphatic rings. The molecule has 0 spiro atoms. The summed E-state index contributed by atoms with van der Waals surface area (Å²) < 4.78 is 0. The zero-order chi connectivity index (χ0) is 8.55. The Bertz CT molecular complexity index is 316. The zero-order valence-corrected chi connectivity index (χ0v) is 8.06. The number of likely N-dealkylation sites (N-methyl/N-ethyl adjacent to an activating group) is 1. The van der Waals surface area contributed by atoms with Gasteiger partial charge < -0.3 is 4.90 Å². The highest BCUT2D eigenvalue weighted by atomic mass is 32.1. The fourth-order valence-corrected chi connectivity index (χ4v) is 2.02. The van der Waals surface area contributed by atoms with Crippen molar-refractivity contribution in [3.63, 3.8) is 0 Å². The van der Waals surface area contributed by atoms with Gasteiger partial charge in [-0.3, -0.25) is 0 Å². The fraction of sp³-hybridized carbons (Fsp3) is 0.500. The van der Waals surface area contributed by atoms with Gasteiger partial charge in [0.1, 0.15) is 5.00 Å². The van der Waals surface area contributed by atoms with Crippen LogP contribution in [0.15, 0.2) is 4.99 Å². The minimum absolute atomic E-state index is 1.01. The Morgan fingerprint density at radius 1 is 1.58 bits per heavy atom. The van der Waals surface area contributed by atoms with Crippen molar-refractivity contribution in [2.24, 2.45) is 4.99 Å². The van der Waals surface area contributed by atoms with E-state index in [4.69, 9.17) is 0 Å². The summed E-state index contributed by atoms with van der Waals surface area (Å²) in [6.45, 7) is 3.04. The van der Waals surface area contributed by atoms with E-state index in [1.54, 1.807) is 11.3 Å². The maximum absolute atomic E-state index is 4.42. The molecule has 0 saturated carbocycles. The van der Waals surface area contributed by atoms with Gasteiger partial charge >= 0.3 is 0 Å². The third-order valence-electron chi connectivity index (χ3n) is 1.86. The lowest BCUT2D eigenvalue weighted by atomic mass is 10.3. The van der Waals surface area contributed by atoms with Gasteiger partial charge in [0.25, 0.3) is 0 Å². The minimum Gasteiger partial charge on any atom is -0.365 e. The number of thiazole rings is 1. The Hall–Kier alpha value is -0.900. The molecule has 3 nitrogen and oxygen atoms in total. The molecule has 0 bridgehead atoms. The van der Waals surface area contributed by atoms with Crippen LogP contribution < -0.4 is 0 Å². The van der Waals surface area contributed by atoms with E-state index in [-0.39, 0.29) is 0 Å². The lowest BCUT2D eigenvalue weighted by Gasteiger charge is -2.07. The Morgan fingerprint density at radius 2 is 2.42 bits per heavy atom. The van der Waals surface area contributed by atoms with Gasteiger partial charge in [0.2, 0.25) is 0 Å². The van der Waals surface area contributed by atoms with Crippen LogP contribution in [0.25, 0.3) is 0 Å². The van der Waals surface area contributed by atoms with Gasteiger partial charge in [-0.15, -0.1) is 0 Å². The third-order valence-corrected chi connectivity index (χ3v) is 2.78. The molecule has 0 saturated heterocycles. The second-order valence-corrected chi connectivity index (χ2v) is 4.14. The van der Waals surface area contributed by atoms with Gasteiger partial charge in [0.05, 0.1) is 17.0 Å². The van der Waals surface area contributed by atoms with Crippen LogP contribution in [-0.4, -0.2) is 29.8 Å². The first-order valence-corrected chi connectivity index (χ1v) is 4.78. The van der Waals surface area contributed by atoms with E-state index in [0.29, 0.717) is 0 Å². The average molecular weight is 181 g/mol. The van der Waals surface area contributed by atoms with Crippen molar-refractivity contribution in [2.45, 2.75) is 13.3 Å². The molecule has 0 aliphatic carbocycles. The number of hydrogen-bond acceptors (Lipinski definition) is 4. The molecular formula is C8H11N3S. The maximum atomic E-state index is 4.42. The Balaban J connectivity index is 2.37. The summed E-state index contributed by atoms with van der Waals surface area (Å²) in [5.41, 5.74) is 1.15. The Labute approximate surface area is 75.8 Å². The van der Waals surface area contributed by atoms with Gasteiger partial charge in [0.15, 0.2) is 0 Å². The van der Waals surface area contributed by atoms with Gasteiger partial charge in [-0.05, 0) is 6.92 Å². The summed E-state index contributed by atoms with van der Waals surface area (Å²) in [5.74, 6) is 0. The van der Waals surface area contributed by atoms with Crippen molar-refractivity contribution in [1.82, 2.24) is 9.88 Å². The number of rotatable bonds is 0. The molecule has 2 heterocycles. The van der Waals surface area contributed by atoms with Crippen LogP contribution in [0.1, 0.15) is 10.7 Å². The molecule has 0 unspecified atom stereocenters. The Kier molecular flexibility index (Phi) is 1.84. The van der Waals surface area contributed by atoms with Gasteiger partial charge in [-0.1, -0.05) is 11.3 Å². The van der Waals surface area contributed by atoms with Crippen molar-refractivity contribution in [3.8, 4) is 0 Å². The molecule has 0 N–H and O–H groups in total. The van der Waals surface area contributed by atoms with Crippen molar-refractivity contribution >= 4 is 22.7 Å². The first-order valence-electron chi connectivity index (χ1n) is 3.96. The highest BCUT2D eigenvalue weighted by Gasteiger charge is 2.10. The summed E-state index contributed by atoms with van der Waals surface area (Å²) in [7, 11) is 2.03. The number of aliphatic imine (C=N–C) groups is 1. The third kappa shape index (κ3) is 1.34. The largest absolute Gasteiger partial charge is 0.365 e. The molecular weight excluding hydrogens is 170 g/mol. The predicted molar refractivity (Wildman–Crippen MR) is 51.3 cm³/mol. The van der Waals surface area contributed by atoms with Crippen molar-refractivity contribution in [3.05, 3.63) is 10.7 Å². The fourth-order valence-electron chi connectivity index (χ4n) is 1.21. The molecule has 4 heteroatoms. The maximum Gasteiger partial charge on any atom is 0.141 e. The number of nitrogens with zero attached hydrogens (tertiary/aromatic N) is 3. The molecule has 0 radical (unpaired) electrons. The summed E-state index contributed by atoms with van der Waals surface area (Å²) in [6.07, 6.45) is 2.89.